The fourth-order valence-corrected chi connectivity index (χ4v) is 2.52. The maximum atomic E-state index is 14.3. The number of nitrogens with one attached hydrogen (secondary N) is 3. The third-order valence-electron chi connectivity index (χ3n) is 3.27. The van der Waals surface area contributed by atoms with Crippen molar-refractivity contribution in [2.45, 2.75) is 13.0 Å². The minimum absolute atomic E-state index is 0.00520. The number of carbonyl (C=O) groups is 1. The molecule has 0 bridgehead atoms. The molecule has 1 aromatic carbocycles. The second kappa shape index (κ2) is 9.38. The molecule has 0 aliphatic heterocycles. The summed E-state index contributed by atoms with van der Waals surface area (Å²) >= 11 is 8.40. The van der Waals surface area contributed by atoms with Gasteiger partial charge in [0.15, 0.2) is 5.11 Å². The molecule has 0 saturated carbocycles. The summed E-state index contributed by atoms with van der Waals surface area (Å²) in [5.74, 6) is -0.743. The predicted molar refractivity (Wildman–Crippen MR) is 99.1 cm³/mol. The Bertz CT molecular complexity index is 759. The van der Waals surface area contributed by atoms with Crippen molar-refractivity contribution in [2.24, 2.45) is 0 Å². The highest BCUT2D eigenvalue weighted by Crippen LogP contribution is 2.17. The Labute approximate surface area is 157 Å². The highest BCUT2D eigenvalue weighted by molar-refractivity contribution is 9.10. The van der Waals surface area contributed by atoms with Gasteiger partial charge in [0.1, 0.15) is 17.5 Å². The van der Waals surface area contributed by atoms with Crippen LogP contribution in [-0.4, -0.2) is 23.1 Å². The Morgan fingerprint density at radius 3 is 2.76 bits per heavy atom. The fourth-order valence-electron chi connectivity index (χ4n) is 2.07. The summed E-state index contributed by atoms with van der Waals surface area (Å²) in [6.07, 6.45) is 2.18. The normalized spacial score (nSPS) is 10.2. The summed E-state index contributed by atoms with van der Waals surface area (Å²) in [6, 6.07) is 6.04. The van der Waals surface area contributed by atoms with Gasteiger partial charge in [0, 0.05) is 34.9 Å². The van der Waals surface area contributed by atoms with E-state index in [0.717, 1.165) is 4.47 Å². The van der Waals surface area contributed by atoms with Crippen LogP contribution in [0.5, 0.6) is 0 Å². The van der Waals surface area contributed by atoms with E-state index < -0.39 is 11.6 Å². The molecule has 0 unspecified atom stereocenters. The van der Waals surface area contributed by atoms with Gasteiger partial charge in [-0.25, -0.2) is 13.8 Å². The molecule has 2 aromatic rings. The molecule has 132 valence electrons. The summed E-state index contributed by atoms with van der Waals surface area (Å²) in [5, 5.41) is 8.41. The number of carbonyl (C=O) groups excluding carboxylic acids is 1. The van der Waals surface area contributed by atoms with Gasteiger partial charge in [0.05, 0.1) is 0 Å². The van der Waals surface area contributed by atoms with Gasteiger partial charge >= 0.3 is 0 Å². The number of thiocarbonyl (C=S) groups is 1. The van der Waals surface area contributed by atoms with Gasteiger partial charge in [-0.05, 0) is 52.8 Å². The molecule has 0 atom stereocenters. The molecule has 5 nitrogen and oxygen atoms in total. The molecule has 3 N–H and O–H groups in total. The minimum Gasteiger partial charge on any atom is -0.362 e. The topological polar surface area (TPSA) is 66.1 Å². The van der Waals surface area contributed by atoms with Crippen LogP contribution in [0, 0.1) is 11.6 Å². The lowest BCUT2D eigenvalue weighted by atomic mass is 10.1. The van der Waals surface area contributed by atoms with Gasteiger partial charge in [-0.3, -0.25) is 4.79 Å². The Kier molecular flexibility index (Phi) is 7.20. The number of rotatable bonds is 7. The molecule has 1 amide bonds. The van der Waals surface area contributed by atoms with Gasteiger partial charge in [0.25, 0.3) is 0 Å². The van der Waals surface area contributed by atoms with Crippen LogP contribution < -0.4 is 16.0 Å². The standard InChI is InChI=1S/C16H15BrF2N4OS/c17-11-2-4-14(22-8-11)23-16(25)21-6-5-12-13(18)3-1-10(15(12)19)7-20-9-24/h1-4,8-9H,5-7H2,(H,20,24)(H2,21,22,23,25). The Hall–Kier alpha value is -2.13. The Balaban J connectivity index is 1.91. The molecule has 0 saturated heterocycles. The molecule has 0 spiro atoms. The number of hydrogen-bond acceptors (Lipinski definition) is 3. The van der Waals surface area contributed by atoms with Crippen LogP contribution in [0.2, 0.25) is 0 Å². The van der Waals surface area contributed by atoms with Crippen molar-refractivity contribution in [3.05, 3.63) is 57.7 Å². The number of amides is 1. The van der Waals surface area contributed by atoms with E-state index in [1.54, 1.807) is 12.3 Å². The van der Waals surface area contributed by atoms with Crippen molar-refractivity contribution in [1.29, 1.82) is 0 Å². The van der Waals surface area contributed by atoms with Crippen molar-refractivity contribution in [3.8, 4) is 0 Å². The van der Waals surface area contributed by atoms with E-state index in [-0.39, 0.29) is 30.6 Å². The van der Waals surface area contributed by atoms with E-state index in [1.165, 1.54) is 12.1 Å². The maximum Gasteiger partial charge on any atom is 0.207 e. The average molecular weight is 429 g/mol. The van der Waals surface area contributed by atoms with E-state index in [0.29, 0.717) is 17.3 Å². The minimum atomic E-state index is -0.662. The van der Waals surface area contributed by atoms with Crippen LogP contribution in [0.15, 0.2) is 34.9 Å². The number of hydrogen-bond donors (Lipinski definition) is 3. The first kappa shape index (κ1) is 19.2. The number of aromatic nitrogens is 1. The second-order valence-corrected chi connectivity index (χ2v) is 6.31. The van der Waals surface area contributed by atoms with Gasteiger partial charge in [-0.2, -0.15) is 0 Å². The zero-order chi connectivity index (χ0) is 18.2. The quantitative estimate of drug-likeness (QED) is 0.467. The lowest BCUT2D eigenvalue weighted by Crippen LogP contribution is -2.30. The largest absolute Gasteiger partial charge is 0.362 e. The van der Waals surface area contributed by atoms with Crippen LogP contribution in [-0.2, 0) is 17.8 Å². The first-order chi connectivity index (χ1) is 12.0. The highest BCUT2D eigenvalue weighted by atomic mass is 79.9. The van der Waals surface area contributed by atoms with Crippen LogP contribution >= 0.6 is 28.1 Å². The molecule has 1 heterocycles. The molecule has 2 rings (SSSR count). The van der Waals surface area contributed by atoms with Gasteiger partial charge < -0.3 is 16.0 Å². The molecular weight excluding hydrogens is 414 g/mol. The SMILES string of the molecule is O=CNCc1ccc(F)c(CCNC(=S)Nc2ccc(Br)cn2)c1F. The van der Waals surface area contributed by atoms with E-state index in [4.69, 9.17) is 12.2 Å². The van der Waals surface area contributed by atoms with Gasteiger partial charge in [-0.15, -0.1) is 0 Å². The maximum absolute atomic E-state index is 14.3. The van der Waals surface area contributed by atoms with E-state index in [1.807, 2.05) is 6.07 Å². The molecular formula is C16H15BrF2N4OS. The summed E-state index contributed by atoms with van der Waals surface area (Å²) < 4.78 is 29.0. The monoisotopic (exact) mass is 428 g/mol. The van der Waals surface area contributed by atoms with E-state index in [2.05, 4.69) is 36.9 Å². The van der Waals surface area contributed by atoms with Gasteiger partial charge in [-0.1, -0.05) is 6.07 Å². The summed E-state index contributed by atoms with van der Waals surface area (Å²) in [6.45, 7) is 0.242. The lowest BCUT2D eigenvalue weighted by molar-refractivity contribution is -0.109. The van der Waals surface area contributed by atoms with Crippen molar-refractivity contribution < 1.29 is 13.6 Å². The average Bonchev–Trinajstić information content (AvgIpc) is 2.59. The molecule has 0 aliphatic rings. The third-order valence-corrected chi connectivity index (χ3v) is 3.99. The van der Waals surface area contributed by atoms with Crippen molar-refractivity contribution in [1.82, 2.24) is 15.6 Å². The van der Waals surface area contributed by atoms with Crippen LogP contribution in [0.1, 0.15) is 11.1 Å². The Morgan fingerprint density at radius 2 is 2.08 bits per heavy atom. The second-order valence-electron chi connectivity index (χ2n) is 4.99. The summed E-state index contributed by atoms with van der Waals surface area (Å²) in [5.41, 5.74) is 0.172. The Morgan fingerprint density at radius 1 is 1.28 bits per heavy atom. The molecule has 9 heteroatoms. The number of halogens is 3. The molecule has 0 radical (unpaired) electrons. The van der Waals surface area contributed by atoms with E-state index in [9.17, 15) is 13.6 Å². The smallest absolute Gasteiger partial charge is 0.207 e. The summed E-state index contributed by atoms with van der Waals surface area (Å²) in [4.78, 5) is 14.4. The number of anilines is 1. The van der Waals surface area contributed by atoms with E-state index >= 15 is 0 Å². The van der Waals surface area contributed by atoms with Crippen molar-refractivity contribution in [3.63, 3.8) is 0 Å². The van der Waals surface area contributed by atoms with Crippen molar-refractivity contribution >= 4 is 45.5 Å². The molecule has 0 fully saturated rings. The van der Waals surface area contributed by atoms with Crippen LogP contribution in [0.4, 0.5) is 14.6 Å². The molecule has 25 heavy (non-hydrogen) atoms. The molecule has 1 aromatic heterocycles. The molecule has 0 aliphatic carbocycles. The van der Waals surface area contributed by atoms with Crippen LogP contribution in [0.25, 0.3) is 0 Å². The first-order valence-corrected chi connectivity index (χ1v) is 8.50. The van der Waals surface area contributed by atoms with Crippen molar-refractivity contribution in [2.75, 3.05) is 11.9 Å². The highest BCUT2D eigenvalue weighted by Gasteiger charge is 2.13. The number of benzene rings is 1. The number of pyridine rings is 1. The van der Waals surface area contributed by atoms with Crippen LogP contribution in [0.3, 0.4) is 0 Å². The van der Waals surface area contributed by atoms with Gasteiger partial charge in [0.2, 0.25) is 6.41 Å². The fraction of sp³-hybridized carbons (Fsp3) is 0.188. The summed E-state index contributed by atoms with van der Waals surface area (Å²) in [7, 11) is 0. The third kappa shape index (κ3) is 5.71. The first-order valence-electron chi connectivity index (χ1n) is 7.30. The predicted octanol–water partition coefficient (Wildman–Crippen LogP) is 2.90. The number of nitrogens with zero attached hydrogens (tertiary/aromatic N) is 1. The zero-order valence-electron chi connectivity index (χ0n) is 13.0. The lowest BCUT2D eigenvalue weighted by Gasteiger charge is -2.12. The zero-order valence-corrected chi connectivity index (χ0v) is 15.4.